The molecule has 0 amide bonds. The SMILES string of the molecule is Cc1ccc(S(=O)(=O)Nc2nc(=O)n3c(C)c(C)sc(SCCCCCF)c2-3)cc1. The number of unbranched alkanes of at least 4 members (excludes halogenated alkanes) is 2. The number of imidazole rings is 1. The van der Waals surface area contributed by atoms with E-state index in [0.717, 1.165) is 38.9 Å². The largest absolute Gasteiger partial charge is 0.354 e. The summed E-state index contributed by atoms with van der Waals surface area (Å²) in [6.07, 6.45) is 2.16. The number of sulfonamides is 1. The van der Waals surface area contributed by atoms with Crippen molar-refractivity contribution < 1.29 is 12.8 Å². The summed E-state index contributed by atoms with van der Waals surface area (Å²) in [5.74, 6) is 0.782. The number of aryl methyl sites for hydroxylation is 2. The van der Waals surface area contributed by atoms with Crippen molar-refractivity contribution in [1.29, 1.82) is 0 Å². The highest BCUT2D eigenvalue weighted by atomic mass is 32.2. The summed E-state index contributed by atoms with van der Waals surface area (Å²) in [6.45, 7) is 5.28. The average molecular weight is 470 g/mol. The summed E-state index contributed by atoms with van der Waals surface area (Å²) < 4.78 is 42.8. The van der Waals surface area contributed by atoms with Crippen LogP contribution in [0.4, 0.5) is 10.2 Å². The molecule has 1 aromatic carbocycles. The first-order valence-corrected chi connectivity index (χ1v) is 12.8. The number of benzene rings is 1. The fourth-order valence-electron chi connectivity index (χ4n) is 2.93. The van der Waals surface area contributed by atoms with Gasteiger partial charge in [-0.1, -0.05) is 24.1 Å². The lowest BCUT2D eigenvalue weighted by Gasteiger charge is -2.16. The first-order chi connectivity index (χ1) is 14.2. The second-order valence-corrected chi connectivity index (χ2v) is 11.2. The molecule has 10 heteroatoms. The number of nitrogens with zero attached hydrogens (tertiary/aromatic N) is 2. The van der Waals surface area contributed by atoms with Gasteiger partial charge in [-0.05, 0) is 51.5 Å². The number of fused-ring (bicyclic) bond motifs is 1. The zero-order valence-electron chi connectivity index (χ0n) is 17.1. The van der Waals surface area contributed by atoms with Crippen LogP contribution >= 0.6 is 23.1 Å². The molecule has 0 saturated heterocycles. The van der Waals surface area contributed by atoms with E-state index in [1.807, 2.05) is 20.8 Å². The van der Waals surface area contributed by atoms with E-state index in [2.05, 4.69) is 9.71 Å². The van der Waals surface area contributed by atoms with Crippen molar-refractivity contribution in [3.8, 4) is 5.69 Å². The second kappa shape index (κ2) is 9.49. The van der Waals surface area contributed by atoms with Crippen LogP contribution in [-0.4, -0.2) is 30.4 Å². The average Bonchev–Trinajstić information content (AvgIpc) is 3.01. The van der Waals surface area contributed by atoms with E-state index in [4.69, 9.17) is 0 Å². The van der Waals surface area contributed by atoms with Crippen LogP contribution in [0.25, 0.3) is 5.69 Å². The lowest BCUT2D eigenvalue weighted by atomic mass is 10.2. The molecule has 0 unspecified atom stereocenters. The van der Waals surface area contributed by atoms with Gasteiger partial charge < -0.3 is 0 Å². The zero-order chi connectivity index (χ0) is 21.9. The van der Waals surface area contributed by atoms with E-state index >= 15 is 0 Å². The normalized spacial score (nSPS) is 11.9. The standard InChI is InChI=1S/C20H24FN3O3S3/c1-13-7-9-16(10-8-13)30(26,27)23-18-17-19(28-12-6-4-5-11-21)29-15(3)14(2)24(17)20(25)22-18/h7-10H,4-6,11-12H2,1-3H3,(H,22,23,25). The number of hydrogen-bond acceptors (Lipinski definition) is 6. The molecule has 162 valence electrons. The number of hydrogen-bond donors (Lipinski definition) is 1. The van der Waals surface area contributed by atoms with Crippen LogP contribution in [0, 0.1) is 20.8 Å². The molecular formula is C20H24FN3O3S3. The molecule has 0 spiro atoms. The quantitative estimate of drug-likeness (QED) is 0.363. The highest BCUT2D eigenvalue weighted by Gasteiger charge is 2.26. The predicted octanol–water partition coefficient (Wildman–Crippen LogP) is 4.69. The van der Waals surface area contributed by atoms with Crippen LogP contribution in [0.2, 0.25) is 0 Å². The highest BCUT2D eigenvalue weighted by molar-refractivity contribution is 8.01. The van der Waals surface area contributed by atoms with Gasteiger partial charge in [0.15, 0.2) is 5.82 Å². The Bertz CT molecular complexity index is 1150. The van der Waals surface area contributed by atoms with Crippen molar-refractivity contribution in [2.45, 2.75) is 49.1 Å². The number of anilines is 1. The van der Waals surface area contributed by atoms with E-state index in [1.165, 1.54) is 39.8 Å². The Morgan fingerprint density at radius 1 is 1.13 bits per heavy atom. The van der Waals surface area contributed by atoms with Gasteiger partial charge in [0.05, 0.1) is 15.8 Å². The maximum absolute atomic E-state index is 12.9. The van der Waals surface area contributed by atoms with Gasteiger partial charge in [0.2, 0.25) is 0 Å². The summed E-state index contributed by atoms with van der Waals surface area (Å²) in [6, 6.07) is 6.47. The van der Waals surface area contributed by atoms with Crippen molar-refractivity contribution in [3.05, 3.63) is 50.9 Å². The van der Waals surface area contributed by atoms with Gasteiger partial charge in [0.25, 0.3) is 10.0 Å². The van der Waals surface area contributed by atoms with Crippen molar-refractivity contribution in [1.82, 2.24) is 9.55 Å². The molecule has 0 saturated carbocycles. The molecule has 1 N–H and O–H groups in total. The highest BCUT2D eigenvalue weighted by Crippen LogP contribution is 2.38. The predicted molar refractivity (Wildman–Crippen MR) is 121 cm³/mol. The molecule has 0 radical (unpaired) electrons. The Balaban J connectivity index is 1.98. The Morgan fingerprint density at radius 3 is 2.50 bits per heavy atom. The topological polar surface area (TPSA) is 81.1 Å². The number of nitrogens with one attached hydrogen (secondary N) is 1. The molecule has 2 aliphatic rings. The Kier molecular flexibility index (Phi) is 7.20. The van der Waals surface area contributed by atoms with Crippen molar-refractivity contribution in [2.24, 2.45) is 0 Å². The number of alkyl halides is 1. The molecular weight excluding hydrogens is 445 g/mol. The number of rotatable bonds is 9. The smallest absolute Gasteiger partial charge is 0.261 e. The first kappa shape index (κ1) is 22.8. The van der Waals surface area contributed by atoms with Gasteiger partial charge in [-0.15, -0.1) is 23.1 Å². The summed E-state index contributed by atoms with van der Waals surface area (Å²) >= 11 is 3.04. The summed E-state index contributed by atoms with van der Waals surface area (Å²) in [5, 5.41) is 0. The number of thioether (sulfide) groups is 1. The lowest BCUT2D eigenvalue weighted by molar-refractivity contribution is 0.460. The Hall–Kier alpha value is -1.91. The number of halogens is 1. The fraction of sp³-hybridized carbons (Fsp3) is 0.400. The Morgan fingerprint density at radius 2 is 1.83 bits per heavy atom. The maximum Gasteiger partial charge on any atom is 0.354 e. The molecule has 0 aromatic heterocycles. The van der Waals surface area contributed by atoms with Gasteiger partial charge in [-0.3, -0.25) is 13.7 Å². The molecule has 2 heterocycles. The van der Waals surface area contributed by atoms with E-state index in [9.17, 15) is 17.6 Å². The van der Waals surface area contributed by atoms with Crippen LogP contribution < -0.4 is 10.4 Å². The summed E-state index contributed by atoms with van der Waals surface area (Å²) in [4.78, 5) is 17.6. The summed E-state index contributed by atoms with van der Waals surface area (Å²) in [5.41, 5.74) is 1.64. The van der Waals surface area contributed by atoms with Crippen LogP contribution in [0.1, 0.15) is 35.4 Å². The van der Waals surface area contributed by atoms with Gasteiger partial charge in [0, 0.05) is 10.6 Å². The summed E-state index contributed by atoms with van der Waals surface area (Å²) in [7, 11) is -3.89. The van der Waals surface area contributed by atoms with Crippen LogP contribution in [-0.2, 0) is 10.0 Å². The van der Waals surface area contributed by atoms with Crippen LogP contribution in [0.15, 0.2) is 38.2 Å². The molecule has 1 aromatic rings. The van der Waals surface area contributed by atoms with Gasteiger partial charge in [-0.2, -0.15) is 4.98 Å². The van der Waals surface area contributed by atoms with Gasteiger partial charge in [-0.25, -0.2) is 13.2 Å². The third-order valence-corrected chi connectivity index (χ3v) is 8.59. The first-order valence-electron chi connectivity index (χ1n) is 9.55. The monoisotopic (exact) mass is 469 g/mol. The minimum absolute atomic E-state index is 0.0335. The minimum atomic E-state index is -3.89. The lowest BCUT2D eigenvalue weighted by Crippen LogP contribution is -2.17. The van der Waals surface area contributed by atoms with Crippen molar-refractivity contribution in [2.75, 3.05) is 17.1 Å². The number of aromatic nitrogens is 2. The molecule has 30 heavy (non-hydrogen) atoms. The Labute approximate surface area is 183 Å². The minimum Gasteiger partial charge on any atom is -0.261 e. The third kappa shape index (κ3) is 4.87. The van der Waals surface area contributed by atoms with Gasteiger partial charge in [0.1, 0.15) is 5.69 Å². The maximum atomic E-state index is 12.9. The molecule has 2 aliphatic heterocycles. The molecule has 0 fully saturated rings. The second-order valence-electron chi connectivity index (χ2n) is 6.97. The van der Waals surface area contributed by atoms with E-state index in [0.29, 0.717) is 12.1 Å². The van der Waals surface area contributed by atoms with E-state index < -0.39 is 15.7 Å². The molecule has 6 nitrogen and oxygen atoms in total. The molecule has 3 rings (SSSR count). The van der Waals surface area contributed by atoms with Crippen LogP contribution in [0.3, 0.4) is 0 Å². The van der Waals surface area contributed by atoms with Crippen molar-refractivity contribution >= 4 is 38.9 Å². The molecule has 0 atom stereocenters. The zero-order valence-corrected chi connectivity index (χ0v) is 19.5. The van der Waals surface area contributed by atoms with Crippen LogP contribution in [0.5, 0.6) is 0 Å². The molecule has 0 bridgehead atoms. The fourth-order valence-corrected chi connectivity index (χ4v) is 6.46. The van der Waals surface area contributed by atoms with E-state index in [-0.39, 0.29) is 17.4 Å². The van der Waals surface area contributed by atoms with E-state index in [1.54, 1.807) is 12.1 Å². The van der Waals surface area contributed by atoms with Crippen molar-refractivity contribution in [3.63, 3.8) is 0 Å². The van der Waals surface area contributed by atoms with Gasteiger partial charge >= 0.3 is 5.69 Å². The third-order valence-electron chi connectivity index (χ3n) is 4.70. The molecule has 0 aliphatic carbocycles.